The van der Waals surface area contributed by atoms with E-state index in [1.807, 2.05) is 61.6 Å². The Bertz CT molecular complexity index is 983. The van der Waals surface area contributed by atoms with Gasteiger partial charge in [0.1, 0.15) is 5.75 Å². The molecule has 0 bridgehead atoms. The standard InChI is InChI=1S/C26H31N3O3/c1-18(19-9-10-19)28(2)25(30)15-16-26(31)29-24(21-11-13-22(32-3)14-12-21)17-23(27-29)20-7-5-4-6-8-20/h4-8,11-14,18-19,24H,9-10,15-17H2,1-3H3. The number of nitrogens with zero attached hydrogens (tertiary/aromatic N) is 3. The van der Waals surface area contributed by atoms with Crippen molar-refractivity contribution >= 4 is 17.5 Å². The molecule has 0 aromatic heterocycles. The van der Waals surface area contributed by atoms with Crippen molar-refractivity contribution in [1.82, 2.24) is 9.91 Å². The fourth-order valence-electron chi connectivity index (χ4n) is 4.26. The van der Waals surface area contributed by atoms with Crippen LogP contribution in [0.5, 0.6) is 5.75 Å². The molecule has 1 saturated carbocycles. The van der Waals surface area contributed by atoms with Crippen LogP contribution in [0.3, 0.4) is 0 Å². The summed E-state index contributed by atoms with van der Waals surface area (Å²) < 4.78 is 5.27. The molecule has 2 aliphatic rings. The van der Waals surface area contributed by atoms with Crippen LogP contribution in [0.25, 0.3) is 0 Å². The second-order valence-corrected chi connectivity index (χ2v) is 8.73. The Balaban J connectivity index is 1.49. The predicted molar refractivity (Wildman–Crippen MR) is 124 cm³/mol. The number of amides is 2. The maximum Gasteiger partial charge on any atom is 0.243 e. The van der Waals surface area contributed by atoms with Gasteiger partial charge in [-0.05, 0) is 48.9 Å². The second-order valence-electron chi connectivity index (χ2n) is 8.73. The summed E-state index contributed by atoms with van der Waals surface area (Å²) in [6.07, 6.45) is 3.36. The molecule has 0 saturated heterocycles. The summed E-state index contributed by atoms with van der Waals surface area (Å²) in [6.45, 7) is 2.09. The highest BCUT2D eigenvalue weighted by Crippen LogP contribution is 2.36. The third kappa shape index (κ3) is 4.85. The SMILES string of the molecule is COc1ccc(C2CC(c3ccccc3)=NN2C(=O)CCC(=O)N(C)C(C)C2CC2)cc1. The van der Waals surface area contributed by atoms with Gasteiger partial charge in [-0.1, -0.05) is 42.5 Å². The minimum atomic E-state index is -0.193. The number of carbonyl (C=O) groups excluding carboxylic acids is 2. The van der Waals surface area contributed by atoms with Gasteiger partial charge in [-0.25, -0.2) is 5.01 Å². The van der Waals surface area contributed by atoms with E-state index in [-0.39, 0.29) is 36.7 Å². The van der Waals surface area contributed by atoms with Gasteiger partial charge in [0.05, 0.1) is 18.9 Å². The van der Waals surface area contributed by atoms with Crippen molar-refractivity contribution < 1.29 is 14.3 Å². The number of carbonyl (C=O) groups is 2. The molecule has 32 heavy (non-hydrogen) atoms. The lowest BCUT2D eigenvalue weighted by Crippen LogP contribution is -2.37. The molecule has 2 aromatic carbocycles. The molecular formula is C26H31N3O3. The van der Waals surface area contributed by atoms with Crippen molar-refractivity contribution in [2.24, 2.45) is 11.0 Å². The Morgan fingerprint density at radius 3 is 2.41 bits per heavy atom. The van der Waals surface area contributed by atoms with Gasteiger partial charge < -0.3 is 9.64 Å². The van der Waals surface area contributed by atoms with Gasteiger partial charge in [0.2, 0.25) is 11.8 Å². The van der Waals surface area contributed by atoms with Crippen molar-refractivity contribution in [2.45, 2.75) is 51.1 Å². The van der Waals surface area contributed by atoms with Crippen LogP contribution in [0, 0.1) is 5.92 Å². The van der Waals surface area contributed by atoms with Gasteiger partial charge >= 0.3 is 0 Å². The first-order valence-electron chi connectivity index (χ1n) is 11.3. The highest BCUT2D eigenvalue weighted by molar-refractivity contribution is 6.03. The molecule has 1 fully saturated rings. The van der Waals surface area contributed by atoms with E-state index in [1.165, 1.54) is 12.8 Å². The van der Waals surface area contributed by atoms with Crippen molar-refractivity contribution in [3.63, 3.8) is 0 Å². The summed E-state index contributed by atoms with van der Waals surface area (Å²) in [5.41, 5.74) is 2.89. The third-order valence-corrected chi connectivity index (χ3v) is 6.63. The minimum Gasteiger partial charge on any atom is -0.497 e. The van der Waals surface area contributed by atoms with Gasteiger partial charge in [0.15, 0.2) is 0 Å². The Hall–Kier alpha value is -3.15. The summed E-state index contributed by atoms with van der Waals surface area (Å²) in [7, 11) is 3.48. The number of hydrogen-bond acceptors (Lipinski definition) is 4. The van der Waals surface area contributed by atoms with Crippen LogP contribution in [-0.2, 0) is 9.59 Å². The first kappa shape index (κ1) is 22.1. The smallest absolute Gasteiger partial charge is 0.243 e. The number of methoxy groups -OCH3 is 1. The molecule has 2 unspecified atom stereocenters. The zero-order chi connectivity index (χ0) is 22.7. The van der Waals surface area contributed by atoms with Gasteiger partial charge in [0, 0.05) is 32.4 Å². The van der Waals surface area contributed by atoms with Gasteiger partial charge in [-0.3, -0.25) is 9.59 Å². The van der Waals surface area contributed by atoms with Crippen LogP contribution >= 0.6 is 0 Å². The first-order chi connectivity index (χ1) is 15.5. The van der Waals surface area contributed by atoms with E-state index in [0.717, 1.165) is 22.6 Å². The van der Waals surface area contributed by atoms with Gasteiger partial charge in [-0.2, -0.15) is 5.10 Å². The highest BCUT2D eigenvalue weighted by atomic mass is 16.5. The zero-order valence-corrected chi connectivity index (χ0v) is 19.0. The van der Waals surface area contributed by atoms with Crippen molar-refractivity contribution in [1.29, 1.82) is 0 Å². The predicted octanol–water partition coefficient (Wildman–Crippen LogP) is 4.41. The van der Waals surface area contributed by atoms with Crippen LogP contribution in [0.4, 0.5) is 0 Å². The Kier molecular flexibility index (Phi) is 6.58. The van der Waals surface area contributed by atoms with E-state index in [1.54, 1.807) is 17.0 Å². The number of benzene rings is 2. The molecule has 0 radical (unpaired) electrons. The van der Waals surface area contributed by atoms with Gasteiger partial charge in [0.25, 0.3) is 0 Å². The normalized spacial score (nSPS) is 18.8. The van der Waals surface area contributed by atoms with E-state index in [0.29, 0.717) is 12.3 Å². The lowest BCUT2D eigenvalue weighted by Gasteiger charge is -2.26. The molecule has 1 aliphatic heterocycles. The third-order valence-electron chi connectivity index (χ3n) is 6.63. The molecule has 2 amide bonds. The van der Waals surface area contributed by atoms with Crippen LogP contribution in [0.15, 0.2) is 59.7 Å². The Labute approximate surface area is 189 Å². The summed E-state index contributed by atoms with van der Waals surface area (Å²) in [6, 6.07) is 17.7. The average Bonchev–Trinajstić information content (AvgIpc) is 3.59. The van der Waals surface area contributed by atoms with Crippen molar-refractivity contribution in [3.8, 4) is 5.75 Å². The van der Waals surface area contributed by atoms with E-state index < -0.39 is 0 Å². The summed E-state index contributed by atoms with van der Waals surface area (Å²) in [5.74, 6) is 1.27. The Morgan fingerprint density at radius 2 is 1.78 bits per heavy atom. The molecule has 168 valence electrons. The van der Waals surface area contributed by atoms with Crippen LogP contribution in [-0.4, -0.2) is 47.6 Å². The molecule has 2 atom stereocenters. The van der Waals surface area contributed by atoms with E-state index in [2.05, 4.69) is 6.92 Å². The monoisotopic (exact) mass is 433 g/mol. The number of hydrogen-bond donors (Lipinski definition) is 0. The van der Waals surface area contributed by atoms with Crippen LogP contribution in [0.2, 0.25) is 0 Å². The zero-order valence-electron chi connectivity index (χ0n) is 19.0. The molecule has 6 heteroatoms. The van der Waals surface area contributed by atoms with Crippen molar-refractivity contribution in [2.75, 3.05) is 14.2 Å². The number of rotatable bonds is 8. The van der Waals surface area contributed by atoms with Crippen LogP contribution in [0.1, 0.15) is 56.2 Å². The quantitative estimate of drug-likeness (QED) is 0.620. The molecule has 1 heterocycles. The molecule has 0 N–H and O–H groups in total. The molecule has 2 aromatic rings. The molecular weight excluding hydrogens is 402 g/mol. The van der Waals surface area contributed by atoms with Crippen LogP contribution < -0.4 is 4.74 Å². The summed E-state index contributed by atoms with van der Waals surface area (Å²) in [5, 5.41) is 6.27. The topological polar surface area (TPSA) is 62.2 Å². The summed E-state index contributed by atoms with van der Waals surface area (Å²) >= 11 is 0. The number of hydrazone groups is 1. The maximum absolute atomic E-state index is 13.2. The summed E-state index contributed by atoms with van der Waals surface area (Å²) in [4.78, 5) is 27.6. The molecule has 0 spiro atoms. The lowest BCUT2D eigenvalue weighted by atomic mass is 9.98. The molecule has 4 rings (SSSR count). The first-order valence-corrected chi connectivity index (χ1v) is 11.3. The van der Waals surface area contributed by atoms with Gasteiger partial charge in [-0.15, -0.1) is 0 Å². The average molecular weight is 434 g/mol. The van der Waals surface area contributed by atoms with Crippen molar-refractivity contribution in [3.05, 3.63) is 65.7 Å². The Morgan fingerprint density at radius 1 is 1.09 bits per heavy atom. The fraction of sp³-hybridized carbons (Fsp3) is 0.423. The van der Waals surface area contributed by atoms with E-state index in [9.17, 15) is 9.59 Å². The molecule has 6 nitrogen and oxygen atoms in total. The van der Waals surface area contributed by atoms with E-state index >= 15 is 0 Å². The molecule has 1 aliphatic carbocycles. The minimum absolute atomic E-state index is 0.0187. The maximum atomic E-state index is 13.2. The second kappa shape index (κ2) is 9.55. The van der Waals surface area contributed by atoms with E-state index in [4.69, 9.17) is 9.84 Å². The number of ether oxygens (including phenoxy) is 1. The highest BCUT2D eigenvalue weighted by Gasteiger charge is 2.35. The fourth-order valence-corrected chi connectivity index (χ4v) is 4.26. The lowest BCUT2D eigenvalue weighted by molar-refractivity contribution is -0.138. The largest absolute Gasteiger partial charge is 0.497 e.